The molecule has 20 heavy (non-hydrogen) atoms. The number of hydrogen-bond acceptors (Lipinski definition) is 3. The van der Waals surface area contributed by atoms with Crippen LogP contribution in [0.3, 0.4) is 0 Å². The van der Waals surface area contributed by atoms with E-state index in [2.05, 4.69) is 53.5 Å². The predicted octanol–water partition coefficient (Wildman–Crippen LogP) is 3.58. The van der Waals surface area contributed by atoms with Gasteiger partial charge in [-0.15, -0.1) is 11.3 Å². The lowest BCUT2D eigenvalue weighted by Crippen LogP contribution is -2.31. The molecule has 4 rings (SSSR count). The summed E-state index contributed by atoms with van der Waals surface area (Å²) in [4.78, 5) is 9.79. The van der Waals surface area contributed by atoms with Crippen LogP contribution in [0.4, 0.5) is 5.69 Å². The maximum Gasteiger partial charge on any atom is 0.194 e. The molecule has 0 N–H and O–H groups in total. The van der Waals surface area contributed by atoms with Crippen LogP contribution in [0.15, 0.2) is 30.3 Å². The summed E-state index contributed by atoms with van der Waals surface area (Å²) in [5.41, 5.74) is 5.30. The van der Waals surface area contributed by atoms with E-state index < -0.39 is 0 Å². The molecule has 0 saturated carbocycles. The summed E-state index contributed by atoms with van der Waals surface area (Å²) in [6, 6.07) is 10.7. The molecule has 3 nitrogen and oxygen atoms in total. The number of thiazole rings is 1. The van der Waals surface area contributed by atoms with Crippen molar-refractivity contribution in [2.75, 3.05) is 11.4 Å². The van der Waals surface area contributed by atoms with E-state index in [4.69, 9.17) is 4.98 Å². The Morgan fingerprint density at radius 1 is 1.15 bits per heavy atom. The smallest absolute Gasteiger partial charge is 0.194 e. The van der Waals surface area contributed by atoms with Crippen LogP contribution >= 0.6 is 11.3 Å². The first kappa shape index (κ1) is 12.0. The average Bonchev–Trinajstić information content (AvgIpc) is 2.96. The number of rotatable bonds is 1. The van der Waals surface area contributed by atoms with Crippen LogP contribution in [-0.2, 0) is 13.0 Å². The van der Waals surface area contributed by atoms with Gasteiger partial charge < -0.3 is 4.90 Å². The lowest BCUT2D eigenvalue weighted by molar-refractivity contribution is 0.699. The molecule has 1 aromatic carbocycles. The topological polar surface area (TPSA) is 20.5 Å². The Balaban J connectivity index is 1.80. The van der Waals surface area contributed by atoms with Crippen molar-refractivity contribution in [3.63, 3.8) is 0 Å². The third-order valence-electron chi connectivity index (χ3n) is 4.19. The zero-order chi connectivity index (χ0) is 13.7. The minimum absolute atomic E-state index is 0.956. The van der Waals surface area contributed by atoms with E-state index in [-0.39, 0.29) is 0 Å². The number of nitrogens with zero attached hydrogens (tertiary/aromatic N) is 3. The third-order valence-corrected chi connectivity index (χ3v) is 5.25. The van der Waals surface area contributed by atoms with Crippen LogP contribution in [0.1, 0.15) is 22.0 Å². The molecule has 0 atom stereocenters. The van der Waals surface area contributed by atoms with Crippen molar-refractivity contribution in [3.05, 3.63) is 52.3 Å². The van der Waals surface area contributed by atoms with Gasteiger partial charge in [0.25, 0.3) is 0 Å². The van der Waals surface area contributed by atoms with Crippen molar-refractivity contribution >= 4 is 22.0 Å². The van der Waals surface area contributed by atoms with Crippen molar-refractivity contribution in [1.82, 2.24) is 9.38 Å². The summed E-state index contributed by atoms with van der Waals surface area (Å²) >= 11 is 1.80. The van der Waals surface area contributed by atoms with Gasteiger partial charge in [-0.2, -0.15) is 0 Å². The van der Waals surface area contributed by atoms with Crippen molar-refractivity contribution in [3.8, 4) is 0 Å². The van der Waals surface area contributed by atoms with E-state index in [0.29, 0.717) is 0 Å². The summed E-state index contributed by atoms with van der Waals surface area (Å²) in [5, 5.41) is 0. The number of imidazole rings is 1. The summed E-state index contributed by atoms with van der Waals surface area (Å²) in [6.45, 7) is 6.39. The molecular formula is C16H17N3S. The zero-order valence-corrected chi connectivity index (χ0v) is 12.6. The van der Waals surface area contributed by atoms with Gasteiger partial charge in [0, 0.05) is 29.2 Å². The second-order valence-electron chi connectivity index (χ2n) is 5.37. The first-order valence-electron chi connectivity index (χ1n) is 7.00. The number of para-hydroxylation sites is 1. The SMILES string of the molecule is Cc1sc2nc3c(n2c1C)CN(c1ccccc1)CC3. The molecule has 3 heterocycles. The number of aryl methyl sites for hydroxylation is 2. The minimum Gasteiger partial charge on any atom is -0.365 e. The van der Waals surface area contributed by atoms with Crippen molar-refractivity contribution in [2.24, 2.45) is 0 Å². The van der Waals surface area contributed by atoms with Crippen molar-refractivity contribution in [2.45, 2.75) is 26.8 Å². The molecule has 0 saturated heterocycles. The second kappa shape index (κ2) is 4.35. The number of aromatic nitrogens is 2. The summed E-state index contributed by atoms with van der Waals surface area (Å²) in [7, 11) is 0. The lowest BCUT2D eigenvalue weighted by Gasteiger charge is -2.28. The van der Waals surface area contributed by atoms with Crippen LogP contribution in [0, 0.1) is 13.8 Å². The molecule has 1 aliphatic heterocycles. The predicted molar refractivity (Wildman–Crippen MR) is 83.7 cm³/mol. The highest BCUT2D eigenvalue weighted by atomic mass is 32.1. The quantitative estimate of drug-likeness (QED) is 0.680. The molecule has 0 fully saturated rings. The van der Waals surface area contributed by atoms with Gasteiger partial charge in [-0.1, -0.05) is 18.2 Å². The van der Waals surface area contributed by atoms with Crippen molar-refractivity contribution < 1.29 is 0 Å². The van der Waals surface area contributed by atoms with Crippen molar-refractivity contribution in [1.29, 1.82) is 0 Å². The molecule has 0 radical (unpaired) electrons. The highest BCUT2D eigenvalue weighted by molar-refractivity contribution is 7.17. The lowest BCUT2D eigenvalue weighted by atomic mass is 10.1. The zero-order valence-electron chi connectivity index (χ0n) is 11.8. The molecular weight excluding hydrogens is 266 g/mol. The third kappa shape index (κ3) is 1.68. The number of anilines is 1. The number of hydrogen-bond donors (Lipinski definition) is 0. The first-order chi connectivity index (χ1) is 9.74. The fourth-order valence-corrected chi connectivity index (χ4v) is 3.99. The first-order valence-corrected chi connectivity index (χ1v) is 7.82. The van der Waals surface area contributed by atoms with Gasteiger partial charge in [-0.05, 0) is 26.0 Å². The van der Waals surface area contributed by atoms with E-state index in [1.807, 2.05) is 0 Å². The van der Waals surface area contributed by atoms with Crippen LogP contribution in [0.5, 0.6) is 0 Å². The van der Waals surface area contributed by atoms with Gasteiger partial charge >= 0.3 is 0 Å². The molecule has 0 spiro atoms. The molecule has 0 bridgehead atoms. The fraction of sp³-hybridized carbons (Fsp3) is 0.312. The summed E-state index contributed by atoms with van der Waals surface area (Å²) in [5.74, 6) is 0. The van der Waals surface area contributed by atoms with E-state index in [1.165, 1.54) is 27.6 Å². The molecule has 3 aromatic rings. The Kier molecular flexibility index (Phi) is 2.60. The highest BCUT2D eigenvalue weighted by Gasteiger charge is 2.23. The Morgan fingerprint density at radius 2 is 1.95 bits per heavy atom. The maximum absolute atomic E-state index is 4.82. The fourth-order valence-electron chi connectivity index (χ4n) is 2.98. The molecule has 0 unspecified atom stereocenters. The van der Waals surface area contributed by atoms with Gasteiger partial charge in [0.05, 0.1) is 17.9 Å². The van der Waals surface area contributed by atoms with E-state index in [9.17, 15) is 0 Å². The number of benzene rings is 1. The maximum atomic E-state index is 4.82. The number of fused-ring (bicyclic) bond motifs is 3. The molecule has 4 heteroatoms. The Bertz CT molecular complexity index is 770. The standard InChI is InChI=1S/C16H17N3S/c1-11-12(2)20-16-17-14-8-9-18(10-15(14)19(11)16)13-6-4-3-5-7-13/h3-7H,8-10H2,1-2H3. The minimum atomic E-state index is 0.956. The molecule has 0 aliphatic carbocycles. The Morgan fingerprint density at radius 3 is 2.75 bits per heavy atom. The largest absolute Gasteiger partial charge is 0.365 e. The molecule has 2 aromatic heterocycles. The molecule has 0 amide bonds. The van der Waals surface area contributed by atoms with Crippen LogP contribution in [-0.4, -0.2) is 15.9 Å². The van der Waals surface area contributed by atoms with Gasteiger partial charge in [-0.3, -0.25) is 4.40 Å². The van der Waals surface area contributed by atoms with Gasteiger partial charge in [0.1, 0.15) is 0 Å². The van der Waals surface area contributed by atoms with E-state index >= 15 is 0 Å². The van der Waals surface area contributed by atoms with Crippen LogP contribution < -0.4 is 4.90 Å². The highest BCUT2D eigenvalue weighted by Crippen LogP contribution is 2.30. The molecule has 1 aliphatic rings. The van der Waals surface area contributed by atoms with E-state index in [1.54, 1.807) is 11.3 Å². The second-order valence-corrected chi connectivity index (χ2v) is 6.56. The molecule has 102 valence electrons. The Hall–Kier alpha value is -1.81. The summed E-state index contributed by atoms with van der Waals surface area (Å²) < 4.78 is 2.35. The van der Waals surface area contributed by atoms with Crippen LogP contribution in [0.25, 0.3) is 4.96 Å². The Labute approximate surface area is 122 Å². The summed E-state index contributed by atoms with van der Waals surface area (Å²) in [6.07, 6.45) is 1.04. The normalized spacial score (nSPS) is 14.8. The van der Waals surface area contributed by atoms with Gasteiger partial charge in [0.15, 0.2) is 4.96 Å². The van der Waals surface area contributed by atoms with Crippen LogP contribution in [0.2, 0.25) is 0 Å². The van der Waals surface area contributed by atoms with E-state index in [0.717, 1.165) is 24.5 Å². The van der Waals surface area contributed by atoms with Gasteiger partial charge in [0.2, 0.25) is 0 Å². The van der Waals surface area contributed by atoms with Gasteiger partial charge in [-0.25, -0.2) is 4.98 Å². The average molecular weight is 283 g/mol. The monoisotopic (exact) mass is 283 g/mol.